The van der Waals surface area contributed by atoms with Crippen LogP contribution in [-0.2, 0) is 21.4 Å². The molecule has 0 amide bonds. The van der Waals surface area contributed by atoms with E-state index in [9.17, 15) is 8.42 Å². The summed E-state index contributed by atoms with van der Waals surface area (Å²) in [5.74, 6) is 0.132. The lowest BCUT2D eigenvalue weighted by atomic mass is 10.1. The maximum Gasteiger partial charge on any atom is 0.250 e. The molecule has 1 aromatic rings. The van der Waals surface area contributed by atoms with Gasteiger partial charge in [-0.2, -0.15) is 0 Å². The van der Waals surface area contributed by atoms with E-state index in [1.165, 1.54) is 0 Å². The van der Waals surface area contributed by atoms with E-state index in [1.807, 2.05) is 13.8 Å². The molecule has 0 fully saturated rings. The number of aliphatic hydroxyl groups is 1. The molecule has 0 bridgehead atoms. The Hall–Kier alpha value is -0.470. The molecule has 0 aliphatic rings. The molecule has 0 saturated carbocycles. The average molecular weight is 307 g/mol. The Morgan fingerprint density at radius 3 is 2.53 bits per heavy atom. The summed E-state index contributed by atoms with van der Waals surface area (Å²) in [4.78, 5) is 0.674. The van der Waals surface area contributed by atoms with Crippen molar-refractivity contribution in [1.82, 2.24) is 4.72 Å². The van der Waals surface area contributed by atoms with Gasteiger partial charge < -0.3 is 9.84 Å². The van der Waals surface area contributed by atoms with E-state index in [1.54, 1.807) is 20.1 Å². The molecule has 19 heavy (non-hydrogen) atoms. The first kappa shape index (κ1) is 16.6. The van der Waals surface area contributed by atoms with Crippen LogP contribution in [0.25, 0.3) is 0 Å². The molecule has 0 saturated heterocycles. The van der Waals surface area contributed by atoms with E-state index in [4.69, 9.17) is 9.84 Å². The minimum absolute atomic E-state index is 0.132. The quantitative estimate of drug-likeness (QED) is 0.800. The standard InChI is InChI=1S/C12H21NO4S2/c1-8(2)10(7-17-4)13-19(15,16)12-5-9(3)11(6-14)18-12/h5,8,10,13-14H,6-7H2,1-4H3. The van der Waals surface area contributed by atoms with Gasteiger partial charge in [-0.1, -0.05) is 13.8 Å². The highest BCUT2D eigenvalue weighted by Gasteiger charge is 2.24. The monoisotopic (exact) mass is 307 g/mol. The molecule has 0 aliphatic heterocycles. The number of methoxy groups -OCH3 is 1. The summed E-state index contributed by atoms with van der Waals surface area (Å²) in [6.45, 7) is 5.85. The minimum Gasteiger partial charge on any atom is -0.391 e. The Balaban J connectivity index is 2.96. The second-order valence-corrected chi connectivity index (χ2v) is 7.83. The maximum atomic E-state index is 12.3. The van der Waals surface area contributed by atoms with E-state index in [2.05, 4.69) is 4.72 Å². The average Bonchev–Trinajstić information content (AvgIpc) is 2.70. The normalized spacial score (nSPS) is 14.0. The van der Waals surface area contributed by atoms with Crippen LogP contribution in [0.5, 0.6) is 0 Å². The smallest absolute Gasteiger partial charge is 0.250 e. The zero-order valence-electron chi connectivity index (χ0n) is 11.6. The highest BCUT2D eigenvalue weighted by Crippen LogP contribution is 2.26. The van der Waals surface area contributed by atoms with Gasteiger partial charge in [-0.3, -0.25) is 0 Å². The maximum absolute atomic E-state index is 12.3. The predicted molar refractivity (Wildman–Crippen MR) is 75.8 cm³/mol. The van der Waals surface area contributed by atoms with E-state index in [-0.39, 0.29) is 22.8 Å². The second-order valence-electron chi connectivity index (χ2n) is 4.76. The molecule has 0 aromatic carbocycles. The number of aliphatic hydroxyl groups excluding tert-OH is 1. The molecule has 7 heteroatoms. The lowest BCUT2D eigenvalue weighted by molar-refractivity contribution is 0.157. The third kappa shape index (κ3) is 4.25. The number of hydrogen-bond donors (Lipinski definition) is 2. The number of rotatable bonds is 7. The van der Waals surface area contributed by atoms with Gasteiger partial charge in [-0.15, -0.1) is 11.3 Å². The summed E-state index contributed by atoms with van der Waals surface area (Å²) in [5.41, 5.74) is 0.792. The Morgan fingerprint density at radius 2 is 2.11 bits per heavy atom. The van der Waals surface area contributed by atoms with Gasteiger partial charge in [0.2, 0.25) is 10.0 Å². The highest BCUT2D eigenvalue weighted by atomic mass is 32.2. The van der Waals surface area contributed by atoms with Crippen molar-refractivity contribution in [2.24, 2.45) is 5.92 Å². The second kappa shape index (κ2) is 6.81. The molecule has 1 atom stereocenters. The third-order valence-electron chi connectivity index (χ3n) is 2.86. The molecular weight excluding hydrogens is 286 g/mol. The van der Waals surface area contributed by atoms with Crippen molar-refractivity contribution in [3.63, 3.8) is 0 Å². The molecule has 1 rings (SSSR count). The van der Waals surface area contributed by atoms with Crippen LogP contribution in [0.15, 0.2) is 10.3 Å². The Bertz CT molecular complexity index is 508. The molecule has 5 nitrogen and oxygen atoms in total. The van der Waals surface area contributed by atoms with Gasteiger partial charge in [0.05, 0.1) is 13.2 Å². The van der Waals surface area contributed by atoms with Crippen LogP contribution in [0, 0.1) is 12.8 Å². The topological polar surface area (TPSA) is 75.6 Å². The molecular formula is C12H21NO4S2. The highest BCUT2D eigenvalue weighted by molar-refractivity contribution is 7.91. The van der Waals surface area contributed by atoms with Gasteiger partial charge in [-0.05, 0) is 24.5 Å². The first-order valence-electron chi connectivity index (χ1n) is 6.03. The van der Waals surface area contributed by atoms with Crippen molar-refractivity contribution >= 4 is 21.4 Å². The summed E-state index contributed by atoms with van der Waals surface area (Å²) in [7, 11) is -2.02. The molecule has 0 aliphatic carbocycles. The fourth-order valence-electron chi connectivity index (χ4n) is 1.58. The molecule has 110 valence electrons. The van der Waals surface area contributed by atoms with E-state index in [0.717, 1.165) is 16.9 Å². The number of nitrogens with one attached hydrogen (secondary N) is 1. The van der Waals surface area contributed by atoms with Crippen LogP contribution in [0.2, 0.25) is 0 Å². The van der Waals surface area contributed by atoms with Crippen LogP contribution in [0.1, 0.15) is 24.3 Å². The number of thiophene rings is 1. The zero-order chi connectivity index (χ0) is 14.6. The van der Waals surface area contributed by atoms with Gasteiger partial charge in [-0.25, -0.2) is 13.1 Å². The zero-order valence-corrected chi connectivity index (χ0v) is 13.3. The molecule has 0 radical (unpaired) electrons. The Labute approximate surface area is 118 Å². The van der Waals surface area contributed by atoms with E-state index in [0.29, 0.717) is 11.5 Å². The Kier molecular flexibility index (Phi) is 5.94. The number of sulfonamides is 1. The summed E-state index contributed by atoms with van der Waals surface area (Å²) in [5, 5.41) is 9.13. The molecule has 1 aromatic heterocycles. The minimum atomic E-state index is -3.56. The van der Waals surface area contributed by atoms with Crippen LogP contribution in [-0.4, -0.2) is 33.3 Å². The van der Waals surface area contributed by atoms with Crippen molar-refractivity contribution in [3.05, 3.63) is 16.5 Å². The third-order valence-corrected chi connectivity index (χ3v) is 6.05. The fourth-order valence-corrected chi connectivity index (χ4v) is 4.41. The number of aryl methyl sites for hydroxylation is 1. The predicted octanol–water partition coefficient (Wildman–Crippen LogP) is 1.50. The largest absolute Gasteiger partial charge is 0.391 e. The molecule has 1 heterocycles. The van der Waals surface area contributed by atoms with Crippen LogP contribution in [0.3, 0.4) is 0 Å². The van der Waals surface area contributed by atoms with Crippen molar-refractivity contribution in [2.75, 3.05) is 13.7 Å². The van der Waals surface area contributed by atoms with Crippen molar-refractivity contribution in [3.8, 4) is 0 Å². The summed E-state index contributed by atoms with van der Waals surface area (Å²) >= 11 is 1.10. The van der Waals surface area contributed by atoms with Crippen molar-refractivity contribution in [1.29, 1.82) is 0 Å². The van der Waals surface area contributed by atoms with E-state index < -0.39 is 10.0 Å². The molecule has 2 N–H and O–H groups in total. The summed E-state index contributed by atoms with van der Waals surface area (Å²) < 4.78 is 32.4. The van der Waals surface area contributed by atoms with Gasteiger partial charge in [0.15, 0.2) is 0 Å². The van der Waals surface area contributed by atoms with Gasteiger partial charge in [0.25, 0.3) is 0 Å². The summed E-state index contributed by atoms with van der Waals surface area (Å²) in [6.07, 6.45) is 0. The Morgan fingerprint density at radius 1 is 1.47 bits per heavy atom. The lowest BCUT2D eigenvalue weighted by Gasteiger charge is -2.20. The molecule has 1 unspecified atom stereocenters. The lowest BCUT2D eigenvalue weighted by Crippen LogP contribution is -2.41. The van der Waals surface area contributed by atoms with Gasteiger partial charge in [0.1, 0.15) is 4.21 Å². The number of ether oxygens (including phenoxy) is 1. The fraction of sp³-hybridized carbons (Fsp3) is 0.667. The SMILES string of the molecule is COCC(NS(=O)(=O)c1cc(C)c(CO)s1)C(C)C. The van der Waals surface area contributed by atoms with Crippen molar-refractivity contribution in [2.45, 2.75) is 37.6 Å². The van der Waals surface area contributed by atoms with Crippen LogP contribution >= 0.6 is 11.3 Å². The first-order chi connectivity index (χ1) is 8.81. The molecule has 0 spiro atoms. The van der Waals surface area contributed by atoms with Gasteiger partial charge in [0, 0.05) is 18.0 Å². The van der Waals surface area contributed by atoms with Crippen LogP contribution < -0.4 is 4.72 Å². The van der Waals surface area contributed by atoms with E-state index >= 15 is 0 Å². The van der Waals surface area contributed by atoms with Crippen LogP contribution in [0.4, 0.5) is 0 Å². The van der Waals surface area contributed by atoms with Gasteiger partial charge >= 0.3 is 0 Å². The van der Waals surface area contributed by atoms with Crippen molar-refractivity contribution < 1.29 is 18.3 Å². The summed E-state index contributed by atoms with van der Waals surface area (Å²) in [6, 6.07) is 1.32. The first-order valence-corrected chi connectivity index (χ1v) is 8.33. The number of hydrogen-bond acceptors (Lipinski definition) is 5.